The number of rotatable bonds is 6. The van der Waals surface area contributed by atoms with Crippen LogP contribution in [0.15, 0.2) is 46.3 Å². The maximum atomic E-state index is 12.2. The molecule has 1 amide bonds. The van der Waals surface area contributed by atoms with Gasteiger partial charge in [-0.2, -0.15) is 5.10 Å². The number of imidazole rings is 1. The maximum absolute atomic E-state index is 12.2. The number of carbonyl (C=O) groups is 1. The second-order valence-electron chi connectivity index (χ2n) is 5.83. The Morgan fingerprint density at radius 2 is 2.12 bits per heavy atom. The molecule has 0 atom stereocenters. The van der Waals surface area contributed by atoms with Gasteiger partial charge in [-0.3, -0.25) is 9.89 Å². The summed E-state index contributed by atoms with van der Waals surface area (Å²) in [5.74, 6) is 0.763. The van der Waals surface area contributed by atoms with E-state index in [1.54, 1.807) is 17.4 Å². The molecule has 132 valence electrons. The van der Waals surface area contributed by atoms with E-state index in [0.29, 0.717) is 12.2 Å². The lowest BCUT2D eigenvalue weighted by molar-refractivity contribution is 0.0948. The van der Waals surface area contributed by atoms with E-state index in [9.17, 15) is 4.79 Å². The van der Waals surface area contributed by atoms with Crippen molar-refractivity contribution in [3.63, 3.8) is 0 Å². The Hall–Kier alpha value is -2.45. The van der Waals surface area contributed by atoms with E-state index >= 15 is 0 Å². The van der Waals surface area contributed by atoms with Crippen LogP contribution in [-0.2, 0) is 6.42 Å². The van der Waals surface area contributed by atoms with E-state index in [-0.39, 0.29) is 5.91 Å². The Bertz CT molecular complexity index is 1020. The van der Waals surface area contributed by atoms with E-state index in [1.807, 2.05) is 36.4 Å². The number of thiophene rings is 1. The van der Waals surface area contributed by atoms with Crippen molar-refractivity contribution in [2.45, 2.75) is 12.8 Å². The molecule has 4 aromatic rings. The van der Waals surface area contributed by atoms with Crippen LogP contribution in [-0.4, -0.2) is 32.6 Å². The van der Waals surface area contributed by atoms with Gasteiger partial charge in [0.05, 0.1) is 25.4 Å². The third kappa shape index (κ3) is 3.71. The molecule has 26 heavy (non-hydrogen) atoms. The van der Waals surface area contributed by atoms with Gasteiger partial charge in [-0.15, -0.1) is 11.3 Å². The molecule has 4 rings (SSSR count). The number of fused-ring (bicyclic) bond motifs is 1. The van der Waals surface area contributed by atoms with Crippen LogP contribution in [0.4, 0.5) is 0 Å². The van der Waals surface area contributed by atoms with Crippen LogP contribution in [0.5, 0.6) is 0 Å². The molecular weight excluding hydrogens is 414 g/mol. The smallest absolute Gasteiger partial charge is 0.271 e. The van der Waals surface area contributed by atoms with E-state index in [4.69, 9.17) is 0 Å². The lowest BCUT2D eigenvalue weighted by Crippen LogP contribution is -2.25. The summed E-state index contributed by atoms with van der Waals surface area (Å²) in [6, 6.07) is 13.7. The molecule has 0 aliphatic carbocycles. The predicted molar refractivity (Wildman–Crippen MR) is 106 cm³/mol. The molecule has 6 nitrogen and oxygen atoms in total. The number of aromatic amines is 2. The van der Waals surface area contributed by atoms with Gasteiger partial charge in [-0.1, -0.05) is 12.1 Å². The molecule has 0 fully saturated rings. The largest absolute Gasteiger partial charge is 0.351 e. The number of nitrogens with zero attached hydrogens (tertiary/aromatic N) is 2. The number of aromatic nitrogens is 4. The molecule has 0 saturated heterocycles. The zero-order chi connectivity index (χ0) is 17.9. The second-order valence-corrected chi connectivity index (χ2v) is 8.29. The Morgan fingerprint density at radius 3 is 2.92 bits per heavy atom. The minimum absolute atomic E-state index is 0.173. The topological polar surface area (TPSA) is 86.5 Å². The summed E-state index contributed by atoms with van der Waals surface area (Å²) in [4.78, 5) is 21.1. The average Bonchev–Trinajstić information content (AvgIpc) is 3.36. The van der Waals surface area contributed by atoms with Gasteiger partial charge in [-0.25, -0.2) is 4.98 Å². The minimum Gasteiger partial charge on any atom is -0.351 e. The van der Waals surface area contributed by atoms with Crippen LogP contribution < -0.4 is 5.32 Å². The van der Waals surface area contributed by atoms with Crippen molar-refractivity contribution in [2.24, 2.45) is 0 Å². The van der Waals surface area contributed by atoms with E-state index in [0.717, 1.165) is 44.1 Å². The van der Waals surface area contributed by atoms with Gasteiger partial charge < -0.3 is 10.3 Å². The summed E-state index contributed by atoms with van der Waals surface area (Å²) in [5.41, 5.74) is 3.24. The van der Waals surface area contributed by atoms with Gasteiger partial charge in [-0.05, 0) is 52.7 Å². The third-order valence-corrected chi connectivity index (χ3v) is 5.62. The zero-order valence-electron chi connectivity index (χ0n) is 13.8. The fourth-order valence-corrected chi connectivity index (χ4v) is 4.05. The monoisotopic (exact) mass is 429 g/mol. The van der Waals surface area contributed by atoms with Crippen molar-refractivity contribution >= 4 is 44.2 Å². The first-order valence-corrected chi connectivity index (χ1v) is 9.83. The van der Waals surface area contributed by atoms with Gasteiger partial charge >= 0.3 is 0 Å². The Labute approximate surface area is 162 Å². The summed E-state index contributed by atoms with van der Waals surface area (Å²) < 4.78 is 1.04. The SMILES string of the molecule is O=C(NCCCc1nc2ccccc2[nH]1)c1cc(-c2ccc(Br)s2)[nH]n1. The zero-order valence-corrected chi connectivity index (χ0v) is 16.2. The van der Waals surface area contributed by atoms with E-state index < -0.39 is 0 Å². The number of carbonyl (C=O) groups excluding carboxylic acids is 1. The average molecular weight is 430 g/mol. The fourth-order valence-electron chi connectivity index (χ4n) is 2.70. The van der Waals surface area contributed by atoms with Crippen LogP contribution in [0.3, 0.4) is 0 Å². The van der Waals surface area contributed by atoms with Crippen molar-refractivity contribution in [3.05, 3.63) is 57.8 Å². The van der Waals surface area contributed by atoms with Crippen LogP contribution in [0.1, 0.15) is 22.7 Å². The molecule has 3 aromatic heterocycles. The number of nitrogens with one attached hydrogen (secondary N) is 3. The van der Waals surface area contributed by atoms with Gasteiger partial charge in [0.25, 0.3) is 5.91 Å². The van der Waals surface area contributed by atoms with Crippen molar-refractivity contribution in [3.8, 4) is 10.6 Å². The highest BCUT2D eigenvalue weighted by Gasteiger charge is 2.12. The molecular formula is C18H16BrN5OS. The first-order chi connectivity index (χ1) is 12.7. The summed E-state index contributed by atoms with van der Waals surface area (Å²) in [6.45, 7) is 0.572. The minimum atomic E-state index is -0.173. The van der Waals surface area contributed by atoms with Crippen LogP contribution in [0.25, 0.3) is 21.6 Å². The number of halogens is 1. The summed E-state index contributed by atoms with van der Waals surface area (Å²) in [5, 5.41) is 9.92. The maximum Gasteiger partial charge on any atom is 0.271 e. The number of hydrogen-bond donors (Lipinski definition) is 3. The highest BCUT2D eigenvalue weighted by molar-refractivity contribution is 9.11. The van der Waals surface area contributed by atoms with E-state index in [2.05, 4.69) is 41.4 Å². The number of H-pyrrole nitrogens is 2. The third-order valence-electron chi connectivity index (χ3n) is 3.96. The molecule has 0 saturated carbocycles. The fraction of sp³-hybridized carbons (Fsp3) is 0.167. The summed E-state index contributed by atoms with van der Waals surface area (Å²) >= 11 is 5.02. The molecule has 0 bridgehead atoms. The quantitative estimate of drug-likeness (QED) is 0.402. The molecule has 0 spiro atoms. The number of amides is 1. The van der Waals surface area contributed by atoms with Gasteiger partial charge in [0, 0.05) is 13.0 Å². The summed E-state index contributed by atoms with van der Waals surface area (Å²) in [6.07, 6.45) is 1.59. The normalized spacial score (nSPS) is 11.1. The van der Waals surface area contributed by atoms with Gasteiger partial charge in [0.1, 0.15) is 5.82 Å². The molecule has 0 radical (unpaired) electrons. The lowest BCUT2D eigenvalue weighted by atomic mass is 10.2. The number of benzene rings is 1. The van der Waals surface area contributed by atoms with Gasteiger partial charge in [0.2, 0.25) is 0 Å². The first-order valence-electron chi connectivity index (χ1n) is 8.22. The van der Waals surface area contributed by atoms with E-state index in [1.165, 1.54) is 0 Å². The van der Waals surface area contributed by atoms with Crippen LogP contribution >= 0.6 is 27.3 Å². The Kier molecular flexibility index (Phi) is 4.85. The number of aryl methyl sites for hydroxylation is 1. The molecule has 1 aromatic carbocycles. The second kappa shape index (κ2) is 7.43. The molecule has 8 heteroatoms. The molecule has 3 N–H and O–H groups in total. The molecule has 0 aliphatic rings. The van der Waals surface area contributed by atoms with Crippen molar-refractivity contribution in [1.82, 2.24) is 25.5 Å². The summed E-state index contributed by atoms with van der Waals surface area (Å²) in [7, 11) is 0. The number of hydrogen-bond acceptors (Lipinski definition) is 4. The number of para-hydroxylation sites is 2. The van der Waals surface area contributed by atoms with Crippen LogP contribution in [0, 0.1) is 0 Å². The Morgan fingerprint density at radius 1 is 1.23 bits per heavy atom. The molecule has 0 aliphatic heterocycles. The Balaban J connectivity index is 1.29. The van der Waals surface area contributed by atoms with Crippen molar-refractivity contribution < 1.29 is 4.79 Å². The molecule has 0 unspecified atom stereocenters. The first kappa shape index (κ1) is 17.0. The highest BCUT2D eigenvalue weighted by atomic mass is 79.9. The predicted octanol–water partition coefficient (Wildman–Crippen LogP) is 4.14. The lowest BCUT2D eigenvalue weighted by Gasteiger charge is -2.01. The van der Waals surface area contributed by atoms with Gasteiger partial charge in [0.15, 0.2) is 5.69 Å². The highest BCUT2D eigenvalue weighted by Crippen LogP contribution is 2.30. The standard InChI is InChI=1S/C18H16BrN5OS/c19-16-8-7-15(26-16)13-10-14(24-23-13)18(25)20-9-3-6-17-21-11-4-1-2-5-12(11)22-17/h1-2,4-5,7-8,10H,3,6,9H2,(H,20,25)(H,21,22)(H,23,24). The van der Waals surface area contributed by atoms with Crippen molar-refractivity contribution in [1.29, 1.82) is 0 Å². The van der Waals surface area contributed by atoms with Crippen molar-refractivity contribution in [2.75, 3.05) is 6.54 Å². The molecule has 3 heterocycles. The van der Waals surface area contributed by atoms with Crippen LogP contribution in [0.2, 0.25) is 0 Å².